The maximum Gasteiger partial charge on any atom is 0.393 e. The van der Waals surface area contributed by atoms with Crippen molar-refractivity contribution in [3.05, 3.63) is 36.0 Å². The number of hydrogen-bond acceptors (Lipinski definition) is 1. The highest BCUT2D eigenvalue weighted by atomic mass is 19.4. The van der Waals surface area contributed by atoms with E-state index >= 15 is 0 Å². The minimum absolute atomic E-state index is 0.101. The maximum absolute atomic E-state index is 12.8. The molecular formula is C15H15F3N2O. The van der Waals surface area contributed by atoms with Crippen molar-refractivity contribution in [2.24, 2.45) is 5.92 Å². The molecule has 2 aromatic rings. The second-order valence-corrected chi connectivity index (χ2v) is 5.41. The van der Waals surface area contributed by atoms with Crippen LogP contribution in [0, 0.1) is 5.92 Å². The highest BCUT2D eigenvalue weighted by Gasteiger charge is 2.42. The second-order valence-electron chi connectivity index (χ2n) is 5.41. The van der Waals surface area contributed by atoms with Gasteiger partial charge in [-0.2, -0.15) is 13.2 Å². The van der Waals surface area contributed by atoms with Gasteiger partial charge in [-0.05, 0) is 37.1 Å². The molecule has 1 saturated heterocycles. The van der Waals surface area contributed by atoms with E-state index < -0.39 is 12.1 Å². The smallest absolute Gasteiger partial charge is 0.361 e. The molecule has 0 bridgehead atoms. The Balaban J connectivity index is 1.80. The topological polar surface area (TPSA) is 36.1 Å². The molecule has 2 heterocycles. The van der Waals surface area contributed by atoms with E-state index in [-0.39, 0.29) is 18.9 Å². The van der Waals surface area contributed by atoms with Gasteiger partial charge in [0.25, 0.3) is 5.91 Å². The van der Waals surface area contributed by atoms with Crippen LogP contribution in [-0.2, 0) is 0 Å². The molecule has 1 amide bonds. The highest BCUT2D eigenvalue weighted by Crippen LogP contribution is 2.33. The first-order valence-electron chi connectivity index (χ1n) is 6.88. The van der Waals surface area contributed by atoms with Crippen molar-refractivity contribution in [1.82, 2.24) is 9.88 Å². The van der Waals surface area contributed by atoms with E-state index in [0.29, 0.717) is 18.5 Å². The van der Waals surface area contributed by atoms with Gasteiger partial charge in [-0.3, -0.25) is 4.79 Å². The molecule has 1 aromatic carbocycles. The van der Waals surface area contributed by atoms with E-state index in [4.69, 9.17) is 0 Å². The molecule has 1 aromatic heterocycles. The van der Waals surface area contributed by atoms with Crippen molar-refractivity contribution in [2.45, 2.75) is 19.0 Å². The van der Waals surface area contributed by atoms with Gasteiger partial charge < -0.3 is 9.88 Å². The summed E-state index contributed by atoms with van der Waals surface area (Å²) in [4.78, 5) is 16.7. The number of H-pyrrole nitrogens is 1. The molecule has 0 spiro atoms. The Bertz CT molecular complexity index is 662. The number of benzene rings is 1. The number of nitrogens with zero attached hydrogens (tertiary/aromatic N) is 1. The van der Waals surface area contributed by atoms with Crippen molar-refractivity contribution in [3.8, 4) is 0 Å². The molecule has 21 heavy (non-hydrogen) atoms. The minimum Gasteiger partial charge on any atom is -0.361 e. The fourth-order valence-electron chi connectivity index (χ4n) is 2.80. The number of alkyl halides is 3. The monoisotopic (exact) mass is 296 g/mol. The van der Waals surface area contributed by atoms with Crippen molar-refractivity contribution in [2.75, 3.05) is 13.1 Å². The normalized spacial score (nSPS) is 20.0. The van der Waals surface area contributed by atoms with Crippen LogP contribution in [0.3, 0.4) is 0 Å². The van der Waals surface area contributed by atoms with Gasteiger partial charge in [-0.1, -0.05) is 0 Å². The van der Waals surface area contributed by atoms with E-state index in [1.165, 1.54) is 4.90 Å². The number of amides is 1. The SMILES string of the molecule is O=C(c1ccc2[nH]ccc2c1)N1CCCC(C(F)(F)F)C1. The van der Waals surface area contributed by atoms with Crippen LogP contribution >= 0.6 is 0 Å². The number of piperidine rings is 1. The molecule has 3 rings (SSSR count). The molecule has 3 nitrogen and oxygen atoms in total. The van der Waals surface area contributed by atoms with Gasteiger partial charge in [0, 0.05) is 35.8 Å². The molecule has 6 heteroatoms. The molecule has 112 valence electrons. The lowest BCUT2D eigenvalue weighted by Crippen LogP contribution is -2.44. The van der Waals surface area contributed by atoms with Crippen LogP contribution in [0.1, 0.15) is 23.2 Å². The van der Waals surface area contributed by atoms with Gasteiger partial charge in [0.15, 0.2) is 0 Å². The first-order valence-corrected chi connectivity index (χ1v) is 6.88. The second kappa shape index (κ2) is 5.09. The van der Waals surface area contributed by atoms with Crippen LogP contribution in [0.5, 0.6) is 0 Å². The van der Waals surface area contributed by atoms with Crippen LogP contribution in [0.2, 0.25) is 0 Å². The van der Waals surface area contributed by atoms with Gasteiger partial charge in [0.05, 0.1) is 5.92 Å². The molecular weight excluding hydrogens is 281 g/mol. The number of likely N-dealkylation sites (tertiary alicyclic amines) is 1. The Morgan fingerprint density at radius 3 is 2.86 bits per heavy atom. The number of rotatable bonds is 1. The number of carbonyl (C=O) groups is 1. The van der Waals surface area contributed by atoms with Crippen LogP contribution in [-0.4, -0.2) is 35.1 Å². The molecule has 0 saturated carbocycles. The van der Waals surface area contributed by atoms with E-state index in [1.807, 2.05) is 6.07 Å². The lowest BCUT2D eigenvalue weighted by Gasteiger charge is -2.33. The van der Waals surface area contributed by atoms with Gasteiger partial charge in [0.2, 0.25) is 0 Å². The maximum atomic E-state index is 12.8. The number of aromatic nitrogens is 1. The number of carbonyl (C=O) groups excluding carboxylic acids is 1. The summed E-state index contributed by atoms with van der Waals surface area (Å²) in [7, 11) is 0. The van der Waals surface area contributed by atoms with Crippen molar-refractivity contribution in [3.63, 3.8) is 0 Å². The zero-order valence-electron chi connectivity index (χ0n) is 11.3. The van der Waals surface area contributed by atoms with Crippen molar-refractivity contribution >= 4 is 16.8 Å². The van der Waals surface area contributed by atoms with Gasteiger partial charge in [0.1, 0.15) is 0 Å². The molecule has 1 aliphatic rings. The zero-order chi connectivity index (χ0) is 15.0. The van der Waals surface area contributed by atoms with Crippen LogP contribution in [0.15, 0.2) is 30.5 Å². The Hall–Kier alpha value is -1.98. The first-order chi connectivity index (χ1) is 9.95. The first kappa shape index (κ1) is 14.0. The average Bonchev–Trinajstić information content (AvgIpc) is 2.93. The number of fused-ring (bicyclic) bond motifs is 1. The van der Waals surface area contributed by atoms with Crippen LogP contribution in [0.25, 0.3) is 10.9 Å². The predicted molar refractivity (Wildman–Crippen MR) is 73.0 cm³/mol. The summed E-state index contributed by atoms with van der Waals surface area (Å²) in [6.45, 7) is 0.143. The summed E-state index contributed by atoms with van der Waals surface area (Å²) >= 11 is 0. The molecule has 1 atom stereocenters. The molecule has 0 aliphatic carbocycles. The number of nitrogens with one attached hydrogen (secondary N) is 1. The molecule has 1 fully saturated rings. The Kier molecular flexibility index (Phi) is 3.39. The summed E-state index contributed by atoms with van der Waals surface area (Å²) in [5.74, 6) is -1.74. The molecule has 1 unspecified atom stereocenters. The number of halogens is 3. The average molecular weight is 296 g/mol. The minimum atomic E-state index is -4.23. The number of aromatic amines is 1. The summed E-state index contributed by atoms with van der Waals surface area (Å²) in [6.07, 6.45) is -1.98. The Morgan fingerprint density at radius 2 is 2.10 bits per heavy atom. The van der Waals surface area contributed by atoms with Crippen LogP contribution < -0.4 is 0 Å². The number of hydrogen-bond donors (Lipinski definition) is 1. The third kappa shape index (κ3) is 2.75. The third-order valence-electron chi connectivity index (χ3n) is 3.97. The van der Waals surface area contributed by atoms with Crippen LogP contribution in [0.4, 0.5) is 13.2 Å². The quantitative estimate of drug-likeness (QED) is 0.858. The molecule has 0 radical (unpaired) electrons. The fraction of sp³-hybridized carbons (Fsp3) is 0.400. The van der Waals surface area contributed by atoms with Gasteiger partial charge >= 0.3 is 6.18 Å². The third-order valence-corrected chi connectivity index (χ3v) is 3.97. The summed E-state index contributed by atoms with van der Waals surface area (Å²) in [6, 6.07) is 6.97. The van der Waals surface area contributed by atoms with Crippen molar-refractivity contribution in [1.29, 1.82) is 0 Å². The lowest BCUT2D eigenvalue weighted by molar-refractivity contribution is -0.184. The largest absolute Gasteiger partial charge is 0.393 e. The standard InChI is InChI=1S/C15H15F3N2O/c16-15(17,18)12-2-1-7-20(9-12)14(21)11-3-4-13-10(8-11)5-6-19-13/h3-6,8,12,19H,1-2,7,9H2. The summed E-state index contributed by atoms with van der Waals surface area (Å²) < 4.78 is 38.4. The lowest BCUT2D eigenvalue weighted by atomic mass is 9.97. The van der Waals surface area contributed by atoms with E-state index in [1.54, 1.807) is 24.4 Å². The van der Waals surface area contributed by atoms with E-state index in [0.717, 1.165) is 10.9 Å². The Morgan fingerprint density at radius 1 is 1.29 bits per heavy atom. The fourth-order valence-corrected chi connectivity index (χ4v) is 2.80. The summed E-state index contributed by atoms with van der Waals surface area (Å²) in [5.41, 5.74) is 1.34. The predicted octanol–water partition coefficient (Wildman–Crippen LogP) is 3.58. The van der Waals surface area contributed by atoms with E-state index in [9.17, 15) is 18.0 Å². The Labute approximate surface area is 119 Å². The summed E-state index contributed by atoms with van der Waals surface area (Å²) in [5, 5.41) is 0.880. The van der Waals surface area contributed by atoms with Crippen molar-refractivity contribution < 1.29 is 18.0 Å². The van der Waals surface area contributed by atoms with E-state index in [2.05, 4.69) is 4.98 Å². The molecule has 1 N–H and O–H groups in total. The highest BCUT2D eigenvalue weighted by molar-refractivity contribution is 5.98. The van der Waals surface area contributed by atoms with Gasteiger partial charge in [-0.15, -0.1) is 0 Å². The molecule has 1 aliphatic heterocycles. The zero-order valence-corrected chi connectivity index (χ0v) is 11.3. The van der Waals surface area contributed by atoms with Gasteiger partial charge in [-0.25, -0.2) is 0 Å².